The molecule has 0 fully saturated rings. The summed E-state index contributed by atoms with van der Waals surface area (Å²) in [5, 5.41) is 3.30. The first kappa shape index (κ1) is 12.0. The Labute approximate surface area is 110 Å². The predicted molar refractivity (Wildman–Crippen MR) is 76.5 cm³/mol. The summed E-state index contributed by atoms with van der Waals surface area (Å²) in [5.41, 5.74) is 7.15. The van der Waals surface area contributed by atoms with Gasteiger partial charge in [0.05, 0.1) is 5.69 Å². The number of hydrogen-bond acceptors (Lipinski definition) is 4. The van der Waals surface area contributed by atoms with Crippen molar-refractivity contribution in [2.75, 3.05) is 5.32 Å². The standard InChI is InChI=1S/C12H13N3S2/c1-8-4-5-9(17-8)7-15-10-3-2-6-14-11(10)12(13)16/h2-6,15H,7H2,1H3,(H2,13,16). The molecule has 0 atom stereocenters. The number of aryl methyl sites for hydroxylation is 1. The average Bonchev–Trinajstić information content (AvgIpc) is 2.73. The number of anilines is 1. The molecule has 0 unspecified atom stereocenters. The van der Waals surface area contributed by atoms with Crippen LogP contribution in [0.5, 0.6) is 0 Å². The van der Waals surface area contributed by atoms with Crippen molar-refractivity contribution in [2.24, 2.45) is 5.73 Å². The molecule has 3 nitrogen and oxygen atoms in total. The summed E-state index contributed by atoms with van der Waals surface area (Å²) < 4.78 is 0. The van der Waals surface area contributed by atoms with Gasteiger partial charge in [0.15, 0.2) is 0 Å². The fraction of sp³-hybridized carbons (Fsp3) is 0.167. The molecule has 0 aliphatic heterocycles. The summed E-state index contributed by atoms with van der Waals surface area (Å²) in [6.07, 6.45) is 1.69. The second-order valence-electron chi connectivity index (χ2n) is 3.63. The molecule has 0 aliphatic carbocycles. The van der Waals surface area contributed by atoms with E-state index in [-0.39, 0.29) is 0 Å². The van der Waals surface area contributed by atoms with Crippen molar-refractivity contribution in [2.45, 2.75) is 13.5 Å². The highest BCUT2D eigenvalue weighted by atomic mass is 32.1. The van der Waals surface area contributed by atoms with Crippen LogP contribution in [0.15, 0.2) is 30.5 Å². The number of nitrogens with one attached hydrogen (secondary N) is 1. The predicted octanol–water partition coefficient (Wildman–Crippen LogP) is 2.70. The number of nitrogens with zero attached hydrogens (tertiary/aromatic N) is 1. The van der Waals surface area contributed by atoms with Gasteiger partial charge in [0.25, 0.3) is 0 Å². The van der Waals surface area contributed by atoms with E-state index in [2.05, 4.69) is 29.4 Å². The molecular weight excluding hydrogens is 250 g/mol. The Balaban J connectivity index is 2.11. The van der Waals surface area contributed by atoms with Gasteiger partial charge in [0.1, 0.15) is 10.7 Å². The van der Waals surface area contributed by atoms with Gasteiger partial charge in [-0.05, 0) is 31.2 Å². The highest BCUT2D eigenvalue weighted by Crippen LogP contribution is 2.18. The minimum absolute atomic E-state index is 0.315. The molecule has 0 radical (unpaired) electrons. The Hall–Kier alpha value is -1.46. The first-order chi connectivity index (χ1) is 8.16. The van der Waals surface area contributed by atoms with E-state index in [1.807, 2.05) is 12.1 Å². The lowest BCUT2D eigenvalue weighted by atomic mass is 10.3. The highest BCUT2D eigenvalue weighted by molar-refractivity contribution is 7.80. The number of rotatable bonds is 4. The third-order valence-corrected chi connectivity index (χ3v) is 3.48. The average molecular weight is 263 g/mol. The van der Waals surface area contributed by atoms with Crippen molar-refractivity contribution in [3.63, 3.8) is 0 Å². The molecule has 0 aliphatic rings. The van der Waals surface area contributed by atoms with Crippen LogP contribution in [-0.2, 0) is 6.54 Å². The van der Waals surface area contributed by atoms with Gasteiger partial charge in [0.2, 0.25) is 0 Å². The minimum atomic E-state index is 0.315. The van der Waals surface area contributed by atoms with Gasteiger partial charge in [-0.15, -0.1) is 11.3 Å². The van der Waals surface area contributed by atoms with Crippen LogP contribution in [0.2, 0.25) is 0 Å². The zero-order chi connectivity index (χ0) is 12.3. The number of pyridine rings is 1. The third kappa shape index (κ3) is 3.01. The van der Waals surface area contributed by atoms with Crippen LogP contribution < -0.4 is 11.1 Å². The molecule has 0 spiro atoms. The van der Waals surface area contributed by atoms with Crippen molar-refractivity contribution in [3.8, 4) is 0 Å². The van der Waals surface area contributed by atoms with Gasteiger partial charge in [-0.1, -0.05) is 12.2 Å². The number of nitrogens with two attached hydrogens (primary N) is 1. The molecule has 2 aromatic heterocycles. The fourth-order valence-corrected chi connectivity index (χ4v) is 2.50. The molecule has 0 saturated heterocycles. The second kappa shape index (κ2) is 5.25. The maximum Gasteiger partial charge on any atom is 0.124 e. The topological polar surface area (TPSA) is 50.9 Å². The van der Waals surface area contributed by atoms with E-state index in [1.165, 1.54) is 9.75 Å². The Bertz CT molecular complexity index is 534. The van der Waals surface area contributed by atoms with Crippen molar-refractivity contribution in [1.29, 1.82) is 0 Å². The number of hydrogen-bond donors (Lipinski definition) is 2. The normalized spacial score (nSPS) is 10.2. The van der Waals surface area contributed by atoms with Gasteiger partial charge < -0.3 is 11.1 Å². The molecule has 2 rings (SSSR count). The summed E-state index contributed by atoms with van der Waals surface area (Å²) >= 11 is 6.74. The molecule has 5 heteroatoms. The van der Waals surface area contributed by atoms with E-state index in [0.29, 0.717) is 10.7 Å². The molecule has 2 heterocycles. The lowest BCUT2D eigenvalue weighted by molar-refractivity contribution is 1.16. The lowest BCUT2D eigenvalue weighted by Crippen LogP contribution is -2.14. The van der Waals surface area contributed by atoms with E-state index in [0.717, 1.165) is 12.2 Å². The third-order valence-electron chi connectivity index (χ3n) is 2.29. The number of thiophene rings is 1. The maximum atomic E-state index is 5.62. The zero-order valence-electron chi connectivity index (χ0n) is 9.43. The van der Waals surface area contributed by atoms with Gasteiger partial charge in [-0.3, -0.25) is 4.98 Å². The van der Waals surface area contributed by atoms with Crippen LogP contribution in [0.4, 0.5) is 5.69 Å². The molecule has 2 aromatic rings. The largest absolute Gasteiger partial charge is 0.388 e. The summed E-state index contributed by atoms with van der Waals surface area (Å²) in [7, 11) is 0. The van der Waals surface area contributed by atoms with E-state index >= 15 is 0 Å². The van der Waals surface area contributed by atoms with Crippen LogP contribution in [0.3, 0.4) is 0 Å². The highest BCUT2D eigenvalue weighted by Gasteiger charge is 2.05. The lowest BCUT2D eigenvalue weighted by Gasteiger charge is -2.08. The molecule has 0 aromatic carbocycles. The van der Waals surface area contributed by atoms with Gasteiger partial charge in [0, 0.05) is 22.5 Å². The van der Waals surface area contributed by atoms with Crippen molar-refractivity contribution in [3.05, 3.63) is 45.9 Å². The fourth-order valence-electron chi connectivity index (χ4n) is 1.51. The van der Waals surface area contributed by atoms with Gasteiger partial charge in [-0.2, -0.15) is 0 Å². The molecule has 17 heavy (non-hydrogen) atoms. The maximum absolute atomic E-state index is 5.62. The summed E-state index contributed by atoms with van der Waals surface area (Å²) in [4.78, 5) is 7.07. The zero-order valence-corrected chi connectivity index (χ0v) is 11.1. The number of thiocarbonyl (C=S) groups is 1. The van der Waals surface area contributed by atoms with Crippen LogP contribution in [0.25, 0.3) is 0 Å². The van der Waals surface area contributed by atoms with Gasteiger partial charge >= 0.3 is 0 Å². The Morgan fingerprint density at radius 1 is 1.47 bits per heavy atom. The van der Waals surface area contributed by atoms with Crippen LogP contribution in [0.1, 0.15) is 15.4 Å². The summed E-state index contributed by atoms with van der Waals surface area (Å²) in [5.74, 6) is 0. The molecule has 0 amide bonds. The molecule has 0 saturated carbocycles. The van der Waals surface area contributed by atoms with Crippen molar-refractivity contribution >= 4 is 34.2 Å². The molecule has 3 N–H and O–H groups in total. The van der Waals surface area contributed by atoms with Crippen molar-refractivity contribution in [1.82, 2.24) is 4.98 Å². The Kier molecular flexibility index (Phi) is 3.71. The van der Waals surface area contributed by atoms with Crippen LogP contribution in [-0.4, -0.2) is 9.97 Å². The minimum Gasteiger partial charge on any atom is -0.388 e. The monoisotopic (exact) mass is 263 g/mol. The SMILES string of the molecule is Cc1ccc(CNc2cccnc2C(N)=S)s1. The smallest absolute Gasteiger partial charge is 0.124 e. The van der Waals surface area contributed by atoms with Crippen LogP contribution >= 0.6 is 23.6 Å². The van der Waals surface area contributed by atoms with Gasteiger partial charge in [-0.25, -0.2) is 0 Å². The van der Waals surface area contributed by atoms with E-state index in [9.17, 15) is 0 Å². The quantitative estimate of drug-likeness (QED) is 0.833. The Morgan fingerprint density at radius 2 is 2.29 bits per heavy atom. The molecular formula is C12H13N3S2. The van der Waals surface area contributed by atoms with E-state index in [1.54, 1.807) is 17.5 Å². The Morgan fingerprint density at radius 3 is 2.94 bits per heavy atom. The molecule has 0 bridgehead atoms. The van der Waals surface area contributed by atoms with E-state index in [4.69, 9.17) is 18.0 Å². The summed E-state index contributed by atoms with van der Waals surface area (Å²) in [6, 6.07) is 8.02. The second-order valence-corrected chi connectivity index (χ2v) is 5.44. The number of aromatic nitrogens is 1. The van der Waals surface area contributed by atoms with Crippen LogP contribution in [0, 0.1) is 6.92 Å². The summed E-state index contributed by atoms with van der Waals surface area (Å²) in [6.45, 7) is 2.86. The molecule has 88 valence electrons. The van der Waals surface area contributed by atoms with E-state index < -0.39 is 0 Å². The first-order valence-corrected chi connectivity index (χ1v) is 6.43. The first-order valence-electron chi connectivity index (χ1n) is 5.21. The van der Waals surface area contributed by atoms with Crippen molar-refractivity contribution < 1.29 is 0 Å².